The zero-order chi connectivity index (χ0) is 16.8. The molecule has 120 valence electrons. The van der Waals surface area contributed by atoms with Gasteiger partial charge in [-0.05, 0) is 70.6 Å². The molecule has 8 heteroatoms. The predicted molar refractivity (Wildman–Crippen MR) is 99.8 cm³/mol. The largest absolute Gasteiger partial charge is 0.508 e. The Bertz CT molecular complexity index is 723. The Morgan fingerprint density at radius 1 is 1.17 bits per heavy atom. The molecule has 0 aliphatic rings. The predicted octanol–water partition coefficient (Wildman–Crippen LogP) is 3.81. The van der Waals surface area contributed by atoms with Gasteiger partial charge in [-0.2, -0.15) is 0 Å². The molecular weight excluding hydrogens is 448 g/mol. The maximum atomic E-state index is 11.8. The van der Waals surface area contributed by atoms with Gasteiger partial charge in [0.15, 0.2) is 11.7 Å². The van der Waals surface area contributed by atoms with Gasteiger partial charge in [0.1, 0.15) is 11.5 Å². The number of phenolic OH excluding ortho intramolecular Hbond substituents is 1. The molecule has 5 nitrogen and oxygen atoms in total. The molecule has 2 aromatic rings. The van der Waals surface area contributed by atoms with Gasteiger partial charge in [0, 0.05) is 10.2 Å². The van der Waals surface area contributed by atoms with Crippen LogP contribution in [0.5, 0.6) is 11.5 Å². The smallest absolute Gasteiger partial charge is 0.264 e. The SMILES string of the molecule is O=C(COc1ccc(Br)cc1Br)NC(=S)Nc1ccc(O)cc1. The molecular formula is C15H12Br2N2O3S. The van der Waals surface area contributed by atoms with Crippen molar-refractivity contribution in [2.24, 2.45) is 0 Å². The molecule has 3 N–H and O–H groups in total. The number of amides is 1. The van der Waals surface area contributed by atoms with Gasteiger partial charge in [-0.15, -0.1) is 0 Å². The van der Waals surface area contributed by atoms with Crippen LogP contribution in [0, 0.1) is 0 Å². The van der Waals surface area contributed by atoms with Crippen LogP contribution >= 0.6 is 44.1 Å². The number of thiocarbonyl (C=S) groups is 1. The van der Waals surface area contributed by atoms with Gasteiger partial charge in [-0.25, -0.2) is 0 Å². The van der Waals surface area contributed by atoms with Crippen molar-refractivity contribution >= 4 is 60.8 Å². The second kappa shape index (κ2) is 8.28. The standard InChI is InChI=1S/C15H12Br2N2O3S/c16-9-1-6-13(12(17)7-9)22-8-14(21)19-15(23)18-10-2-4-11(20)5-3-10/h1-7,20H,8H2,(H2,18,19,21,23). The van der Waals surface area contributed by atoms with Crippen LogP contribution in [-0.2, 0) is 4.79 Å². The van der Waals surface area contributed by atoms with E-state index in [-0.39, 0.29) is 23.4 Å². The molecule has 0 aliphatic heterocycles. The molecule has 0 unspecified atom stereocenters. The fourth-order valence-electron chi connectivity index (χ4n) is 1.61. The number of benzene rings is 2. The Kier molecular flexibility index (Phi) is 6.37. The second-order valence-corrected chi connectivity index (χ2v) is 6.59. The zero-order valence-corrected chi connectivity index (χ0v) is 15.7. The maximum absolute atomic E-state index is 11.8. The van der Waals surface area contributed by atoms with Crippen molar-refractivity contribution in [2.75, 3.05) is 11.9 Å². The Morgan fingerprint density at radius 2 is 1.87 bits per heavy atom. The van der Waals surface area contributed by atoms with Crippen LogP contribution in [0.15, 0.2) is 51.4 Å². The van der Waals surface area contributed by atoms with Crippen LogP contribution in [0.2, 0.25) is 0 Å². The number of carbonyl (C=O) groups is 1. The van der Waals surface area contributed by atoms with Crippen molar-refractivity contribution in [1.29, 1.82) is 0 Å². The van der Waals surface area contributed by atoms with Crippen LogP contribution in [-0.4, -0.2) is 22.7 Å². The van der Waals surface area contributed by atoms with Crippen molar-refractivity contribution in [1.82, 2.24) is 5.32 Å². The van der Waals surface area contributed by atoms with Gasteiger partial charge in [0.25, 0.3) is 5.91 Å². The number of rotatable bonds is 4. The van der Waals surface area contributed by atoms with E-state index in [4.69, 9.17) is 17.0 Å². The summed E-state index contributed by atoms with van der Waals surface area (Å²) in [6.07, 6.45) is 0. The molecule has 1 amide bonds. The molecule has 0 heterocycles. The molecule has 2 aromatic carbocycles. The average Bonchev–Trinajstić information content (AvgIpc) is 2.48. The molecule has 2 rings (SSSR count). The molecule has 0 bridgehead atoms. The van der Waals surface area contributed by atoms with Crippen molar-refractivity contribution in [3.05, 3.63) is 51.4 Å². The highest BCUT2D eigenvalue weighted by atomic mass is 79.9. The number of phenols is 1. The summed E-state index contributed by atoms with van der Waals surface area (Å²) >= 11 is 11.7. The number of hydrogen-bond acceptors (Lipinski definition) is 4. The van der Waals surface area contributed by atoms with Gasteiger partial charge in [0.2, 0.25) is 0 Å². The molecule has 0 saturated heterocycles. The molecule has 0 spiro atoms. The highest BCUT2D eigenvalue weighted by Gasteiger charge is 2.08. The first-order valence-electron chi connectivity index (χ1n) is 6.42. The number of nitrogens with one attached hydrogen (secondary N) is 2. The molecule has 0 radical (unpaired) electrons. The van der Waals surface area contributed by atoms with E-state index in [1.807, 2.05) is 12.1 Å². The minimum atomic E-state index is -0.379. The Labute approximate surface area is 155 Å². The van der Waals surface area contributed by atoms with Crippen LogP contribution in [0.1, 0.15) is 0 Å². The topological polar surface area (TPSA) is 70.6 Å². The van der Waals surface area contributed by atoms with Crippen LogP contribution in [0.3, 0.4) is 0 Å². The van der Waals surface area contributed by atoms with Crippen molar-refractivity contribution < 1.29 is 14.6 Å². The third kappa shape index (κ3) is 5.81. The van der Waals surface area contributed by atoms with E-state index in [0.29, 0.717) is 11.4 Å². The fraction of sp³-hybridized carbons (Fsp3) is 0.0667. The van der Waals surface area contributed by atoms with E-state index in [0.717, 1.165) is 8.95 Å². The zero-order valence-electron chi connectivity index (χ0n) is 11.7. The maximum Gasteiger partial charge on any atom is 0.264 e. The van der Waals surface area contributed by atoms with E-state index in [2.05, 4.69) is 42.5 Å². The Balaban J connectivity index is 1.82. The van der Waals surface area contributed by atoms with E-state index in [1.54, 1.807) is 18.2 Å². The van der Waals surface area contributed by atoms with Crippen molar-refractivity contribution in [2.45, 2.75) is 0 Å². The summed E-state index contributed by atoms with van der Waals surface area (Å²) in [4.78, 5) is 11.8. The van der Waals surface area contributed by atoms with Crippen LogP contribution in [0.25, 0.3) is 0 Å². The lowest BCUT2D eigenvalue weighted by molar-refractivity contribution is -0.121. The molecule has 0 aromatic heterocycles. The summed E-state index contributed by atoms with van der Waals surface area (Å²) in [5.41, 5.74) is 0.657. The lowest BCUT2D eigenvalue weighted by Gasteiger charge is -2.11. The minimum Gasteiger partial charge on any atom is -0.508 e. The Morgan fingerprint density at radius 3 is 2.52 bits per heavy atom. The van der Waals surface area contributed by atoms with Gasteiger partial charge in [-0.1, -0.05) is 15.9 Å². The van der Waals surface area contributed by atoms with Gasteiger partial charge in [-0.3, -0.25) is 10.1 Å². The van der Waals surface area contributed by atoms with Crippen molar-refractivity contribution in [3.8, 4) is 11.5 Å². The van der Waals surface area contributed by atoms with Crippen LogP contribution < -0.4 is 15.4 Å². The molecule has 0 fully saturated rings. The normalized spacial score (nSPS) is 10.0. The third-order valence-electron chi connectivity index (χ3n) is 2.63. The molecule has 0 aliphatic carbocycles. The highest BCUT2D eigenvalue weighted by Crippen LogP contribution is 2.28. The quantitative estimate of drug-likeness (QED) is 0.479. The van der Waals surface area contributed by atoms with E-state index >= 15 is 0 Å². The number of halogens is 2. The van der Waals surface area contributed by atoms with E-state index in [9.17, 15) is 9.90 Å². The van der Waals surface area contributed by atoms with Crippen LogP contribution in [0.4, 0.5) is 5.69 Å². The average molecular weight is 460 g/mol. The summed E-state index contributed by atoms with van der Waals surface area (Å²) in [5.74, 6) is 0.329. The number of hydrogen-bond donors (Lipinski definition) is 3. The fourth-order valence-corrected chi connectivity index (χ4v) is 3.00. The number of anilines is 1. The monoisotopic (exact) mass is 458 g/mol. The lowest BCUT2D eigenvalue weighted by Crippen LogP contribution is -2.37. The second-order valence-electron chi connectivity index (χ2n) is 4.41. The first-order valence-corrected chi connectivity index (χ1v) is 8.41. The van der Waals surface area contributed by atoms with E-state index in [1.165, 1.54) is 12.1 Å². The first kappa shape index (κ1) is 17.7. The van der Waals surface area contributed by atoms with E-state index < -0.39 is 0 Å². The van der Waals surface area contributed by atoms with Gasteiger partial charge < -0.3 is 15.2 Å². The summed E-state index contributed by atoms with van der Waals surface area (Å²) < 4.78 is 7.06. The van der Waals surface area contributed by atoms with Gasteiger partial charge in [0.05, 0.1) is 4.47 Å². The minimum absolute atomic E-state index is 0.152. The van der Waals surface area contributed by atoms with Gasteiger partial charge >= 0.3 is 0 Å². The third-order valence-corrected chi connectivity index (χ3v) is 3.95. The highest BCUT2D eigenvalue weighted by molar-refractivity contribution is 9.11. The molecule has 23 heavy (non-hydrogen) atoms. The Hall–Kier alpha value is -1.64. The van der Waals surface area contributed by atoms with Crippen molar-refractivity contribution in [3.63, 3.8) is 0 Å². The lowest BCUT2D eigenvalue weighted by atomic mass is 10.3. The number of carbonyl (C=O) groups excluding carboxylic acids is 1. The molecule has 0 atom stereocenters. The summed E-state index contributed by atoms with van der Waals surface area (Å²) in [5, 5.41) is 14.7. The summed E-state index contributed by atoms with van der Waals surface area (Å²) in [6.45, 7) is -0.169. The summed E-state index contributed by atoms with van der Waals surface area (Å²) in [6, 6.07) is 11.7. The first-order chi connectivity index (χ1) is 10.9. The number of ether oxygens (including phenoxy) is 1. The number of aromatic hydroxyl groups is 1. The molecule has 0 saturated carbocycles. The summed E-state index contributed by atoms with van der Waals surface area (Å²) in [7, 11) is 0.